The van der Waals surface area contributed by atoms with E-state index in [1.807, 2.05) is 18.2 Å². The van der Waals surface area contributed by atoms with Crippen molar-refractivity contribution in [3.8, 4) is 5.75 Å². The molecule has 1 nitrogen and oxygen atoms in total. The van der Waals surface area contributed by atoms with Crippen molar-refractivity contribution in [2.75, 3.05) is 11.9 Å². The SMILES string of the molecule is BrCCCCCCOc1[c]ccc(Br)c1. The standard InChI is InChI=1S/C12H15Br2O/c13-8-3-1-2-4-9-15-12-7-5-6-11(14)10-12/h5-6,10H,1-4,8-9H2. The van der Waals surface area contributed by atoms with Gasteiger partial charge in [0.15, 0.2) is 0 Å². The molecule has 0 N–H and O–H groups in total. The summed E-state index contributed by atoms with van der Waals surface area (Å²) in [5, 5.41) is 1.10. The van der Waals surface area contributed by atoms with Crippen LogP contribution in [0.3, 0.4) is 0 Å². The van der Waals surface area contributed by atoms with Gasteiger partial charge in [0.05, 0.1) is 6.61 Å². The number of hydrogen-bond acceptors (Lipinski definition) is 1. The van der Waals surface area contributed by atoms with E-state index >= 15 is 0 Å². The zero-order chi connectivity index (χ0) is 10.9. The van der Waals surface area contributed by atoms with Gasteiger partial charge in [0, 0.05) is 15.9 Å². The summed E-state index contributed by atoms with van der Waals surface area (Å²) in [6.07, 6.45) is 4.88. The average Bonchev–Trinajstić information content (AvgIpc) is 2.23. The van der Waals surface area contributed by atoms with E-state index in [-0.39, 0.29) is 0 Å². The third-order valence-corrected chi connectivity index (χ3v) is 3.08. The van der Waals surface area contributed by atoms with Gasteiger partial charge in [0.2, 0.25) is 0 Å². The van der Waals surface area contributed by atoms with Gasteiger partial charge in [-0.1, -0.05) is 44.7 Å². The first kappa shape index (κ1) is 13.0. The monoisotopic (exact) mass is 333 g/mol. The Balaban J connectivity index is 2.10. The Kier molecular flexibility index (Phi) is 7.11. The fraction of sp³-hybridized carbons (Fsp3) is 0.500. The molecule has 1 rings (SSSR count). The fourth-order valence-electron chi connectivity index (χ4n) is 1.23. The zero-order valence-electron chi connectivity index (χ0n) is 8.64. The molecule has 0 spiro atoms. The van der Waals surface area contributed by atoms with Gasteiger partial charge in [-0.3, -0.25) is 0 Å². The van der Waals surface area contributed by atoms with Gasteiger partial charge in [0.1, 0.15) is 5.75 Å². The number of halogens is 2. The zero-order valence-corrected chi connectivity index (χ0v) is 11.8. The van der Waals surface area contributed by atoms with Gasteiger partial charge in [-0.05, 0) is 31.0 Å². The van der Waals surface area contributed by atoms with Crippen molar-refractivity contribution in [3.63, 3.8) is 0 Å². The molecule has 0 fully saturated rings. The molecule has 1 aromatic carbocycles. The van der Waals surface area contributed by atoms with E-state index in [0.717, 1.165) is 28.6 Å². The van der Waals surface area contributed by atoms with E-state index in [1.165, 1.54) is 19.3 Å². The predicted molar refractivity (Wildman–Crippen MR) is 70.7 cm³/mol. The van der Waals surface area contributed by atoms with E-state index < -0.39 is 0 Å². The molecule has 1 aromatic rings. The summed E-state index contributed by atoms with van der Waals surface area (Å²) in [6, 6.07) is 8.81. The minimum Gasteiger partial charge on any atom is -0.493 e. The quantitative estimate of drug-likeness (QED) is 0.523. The lowest BCUT2D eigenvalue weighted by Gasteiger charge is -2.05. The predicted octanol–water partition coefficient (Wildman–Crippen LogP) is 4.58. The van der Waals surface area contributed by atoms with Crippen LogP contribution in [0.25, 0.3) is 0 Å². The summed E-state index contributed by atoms with van der Waals surface area (Å²) in [5.41, 5.74) is 0. The van der Waals surface area contributed by atoms with Crippen LogP contribution in [0.2, 0.25) is 0 Å². The molecule has 0 saturated heterocycles. The summed E-state index contributed by atoms with van der Waals surface area (Å²) >= 11 is 6.82. The van der Waals surface area contributed by atoms with Gasteiger partial charge >= 0.3 is 0 Å². The molecular formula is C12H15Br2O. The van der Waals surface area contributed by atoms with Gasteiger partial charge in [-0.2, -0.15) is 0 Å². The molecule has 0 saturated carbocycles. The largest absolute Gasteiger partial charge is 0.493 e. The fourth-order valence-corrected chi connectivity index (χ4v) is 1.97. The Morgan fingerprint density at radius 3 is 2.73 bits per heavy atom. The summed E-state index contributed by atoms with van der Waals surface area (Å²) in [4.78, 5) is 0. The molecule has 0 amide bonds. The number of alkyl halides is 1. The highest BCUT2D eigenvalue weighted by molar-refractivity contribution is 9.10. The van der Waals surface area contributed by atoms with Gasteiger partial charge in [-0.25, -0.2) is 0 Å². The first-order valence-corrected chi connectivity index (χ1v) is 7.10. The van der Waals surface area contributed by atoms with Crippen LogP contribution in [0.4, 0.5) is 0 Å². The molecule has 0 bridgehead atoms. The van der Waals surface area contributed by atoms with Crippen LogP contribution < -0.4 is 4.74 Å². The van der Waals surface area contributed by atoms with Crippen LogP contribution >= 0.6 is 31.9 Å². The van der Waals surface area contributed by atoms with E-state index in [9.17, 15) is 0 Å². The highest BCUT2D eigenvalue weighted by Crippen LogP contribution is 2.17. The molecule has 15 heavy (non-hydrogen) atoms. The van der Waals surface area contributed by atoms with Crippen molar-refractivity contribution in [2.24, 2.45) is 0 Å². The van der Waals surface area contributed by atoms with Gasteiger partial charge in [-0.15, -0.1) is 0 Å². The first-order valence-electron chi connectivity index (χ1n) is 5.19. The third-order valence-electron chi connectivity index (χ3n) is 2.02. The lowest BCUT2D eigenvalue weighted by molar-refractivity contribution is 0.304. The third kappa shape index (κ3) is 6.21. The average molecular weight is 335 g/mol. The number of rotatable bonds is 7. The van der Waals surface area contributed by atoms with Gasteiger partial charge < -0.3 is 4.74 Å². The normalized spacial score (nSPS) is 10.3. The van der Waals surface area contributed by atoms with Crippen molar-refractivity contribution < 1.29 is 4.74 Å². The van der Waals surface area contributed by atoms with Crippen LogP contribution in [0, 0.1) is 6.07 Å². The van der Waals surface area contributed by atoms with E-state index in [0.29, 0.717) is 0 Å². The van der Waals surface area contributed by atoms with Crippen molar-refractivity contribution >= 4 is 31.9 Å². The Bertz CT molecular complexity index is 276. The Labute approximate surface area is 108 Å². The van der Waals surface area contributed by atoms with E-state index in [2.05, 4.69) is 37.9 Å². The van der Waals surface area contributed by atoms with Crippen molar-refractivity contribution in [1.82, 2.24) is 0 Å². The molecule has 0 aliphatic heterocycles. The van der Waals surface area contributed by atoms with Crippen molar-refractivity contribution in [3.05, 3.63) is 28.7 Å². The van der Waals surface area contributed by atoms with Crippen LogP contribution in [0.15, 0.2) is 22.7 Å². The second-order valence-corrected chi connectivity index (χ2v) is 5.03. The first-order chi connectivity index (χ1) is 7.33. The summed E-state index contributed by atoms with van der Waals surface area (Å²) in [6.45, 7) is 0.787. The van der Waals surface area contributed by atoms with Crippen LogP contribution in [0.1, 0.15) is 25.7 Å². The molecule has 0 aliphatic rings. The van der Waals surface area contributed by atoms with Crippen LogP contribution in [0.5, 0.6) is 5.75 Å². The Morgan fingerprint density at radius 1 is 1.20 bits per heavy atom. The molecule has 83 valence electrons. The molecule has 0 aliphatic carbocycles. The van der Waals surface area contributed by atoms with Crippen molar-refractivity contribution in [2.45, 2.75) is 25.7 Å². The van der Waals surface area contributed by atoms with E-state index in [1.54, 1.807) is 0 Å². The molecule has 1 radical (unpaired) electrons. The molecule has 0 unspecified atom stereocenters. The van der Waals surface area contributed by atoms with Crippen molar-refractivity contribution in [1.29, 1.82) is 0 Å². The highest BCUT2D eigenvalue weighted by Gasteiger charge is 1.95. The second kappa shape index (κ2) is 8.17. The van der Waals surface area contributed by atoms with Gasteiger partial charge in [0.25, 0.3) is 0 Å². The number of hydrogen-bond donors (Lipinski definition) is 0. The molecule has 0 heterocycles. The van der Waals surface area contributed by atoms with E-state index in [4.69, 9.17) is 4.74 Å². The van der Waals surface area contributed by atoms with Crippen LogP contribution in [-0.4, -0.2) is 11.9 Å². The number of ether oxygens (including phenoxy) is 1. The lowest BCUT2D eigenvalue weighted by Crippen LogP contribution is -1.97. The van der Waals surface area contributed by atoms with Crippen LogP contribution in [-0.2, 0) is 0 Å². The topological polar surface area (TPSA) is 9.23 Å². The summed E-state index contributed by atoms with van der Waals surface area (Å²) in [5.74, 6) is 0.824. The molecule has 0 atom stereocenters. The smallest absolute Gasteiger partial charge is 0.128 e. The Morgan fingerprint density at radius 2 is 2.00 bits per heavy atom. The maximum absolute atomic E-state index is 5.57. The summed E-state index contributed by atoms with van der Waals surface area (Å²) < 4.78 is 6.61. The minimum atomic E-state index is 0.787. The summed E-state index contributed by atoms with van der Waals surface area (Å²) in [7, 11) is 0. The number of benzene rings is 1. The number of unbranched alkanes of at least 4 members (excludes halogenated alkanes) is 3. The minimum absolute atomic E-state index is 0.787. The molecule has 0 aromatic heterocycles. The maximum Gasteiger partial charge on any atom is 0.128 e. The highest BCUT2D eigenvalue weighted by atomic mass is 79.9. The second-order valence-electron chi connectivity index (χ2n) is 3.32. The molecular weight excluding hydrogens is 320 g/mol. The maximum atomic E-state index is 5.57. The molecule has 3 heteroatoms. The lowest BCUT2D eigenvalue weighted by atomic mass is 10.2. The Hall–Kier alpha value is -0.0200.